The maximum absolute atomic E-state index is 11.8. The van der Waals surface area contributed by atoms with E-state index < -0.39 is 0 Å². The summed E-state index contributed by atoms with van der Waals surface area (Å²) in [4.78, 5) is 27.7. The van der Waals surface area contributed by atoms with E-state index in [4.69, 9.17) is 11.6 Å². The first-order valence-corrected chi connectivity index (χ1v) is 8.22. The van der Waals surface area contributed by atoms with Gasteiger partial charge in [-0.2, -0.15) is 0 Å². The van der Waals surface area contributed by atoms with Gasteiger partial charge in [0.25, 0.3) is 5.91 Å². The highest BCUT2D eigenvalue weighted by Crippen LogP contribution is 2.09. The first-order chi connectivity index (χ1) is 11.0. The number of nitrogens with one attached hydrogen (secondary N) is 2. The quantitative estimate of drug-likeness (QED) is 0.622. The topological polar surface area (TPSA) is 71.1 Å². The summed E-state index contributed by atoms with van der Waals surface area (Å²) in [5.74, 6) is -0.430. The van der Waals surface area contributed by atoms with Crippen molar-refractivity contribution in [2.24, 2.45) is 0 Å². The summed E-state index contributed by atoms with van der Waals surface area (Å²) in [5, 5.41) is 8.82. The van der Waals surface area contributed by atoms with Crippen molar-refractivity contribution in [3.05, 3.63) is 57.0 Å². The first-order valence-electron chi connectivity index (χ1n) is 6.96. The Morgan fingerprint density at radius 3 is 2.57 bits per heavy atom. The van der Waals surface area contributed by atoms with Crippen LogP contribution in [0.5, 0.6) is 0 Å². The molecule has 120 valence electrons. The van der Waals surface area contributed by atoms with Gasteiger partial charge >= 0.3 is 0 Å². The number of nitrogens with zero attached hydrogens (tertiary/aromatic N) is 1. The molecule has 0 saturated heterocycles. The van der Waals surface area contributed by atoms with Gasteiger partial charge in [0.1, 0.15) is 0 Å². The van der Waals surface area contributed by atoms with E-state index in [1.807, 2.05) is 12.3 Å². The molecular formula is C16H16ClN3O2S. The number of carbonyl (C=O) groups is 2. The molecular weight excluding hydrogens is 334 g/mol. The zero-order valence-corrected chi connectivity index (χ0v) is 14.1. The molecule has 7 heteroatoms. The van der Waals surface area contributed by atoms with Crippen LogP contribution >= 0.6 is 22.9 Å². The van der Waals surface area contributed by atoms with E-state index in [-0.39, 0.29) is 11.8 Å². The molecule has 5 nitrogen and oxygen atoms in total. The molecule has 2 rings (SSSR count). The lowest BCUT2D eigenvalue weighted by atomic mass is 10.2. The Balaban J connectivity index is 1.68. The molecule has 2 aromatic rings. The number of halogens is 1. The second-order valence-corrected chi connectivity index (χ2v) is 6.18. The van der Waals surface area contributed by atoms with Crippen molar-refractivity contribution in [1.29, 1.82) is 0 Å². The van der Waals surface area contributed by atoms with Gasteiger partial charge in [-0.1, -0.05) is 11.6 Å². The van der Waals surface area contributed by atoms with E-state index in [0.29, 0.717) is 23.7 Å². The molecule has 0 spiro atoms. The fourth-order valence-electron chi connectivity index (χ4n) is 1.74. The van der Waals surface area contributed by atoms with Crippen molar-refractivity contribution >= 4 is 40.8 Å². The van der Waals surface area contributed by atoms with Gasteiger partial charge in [-0.25, -0.2) is 4.98 Å². The summed E-state index contributed by atoms with van der Waals surface area (Å²) in [5.41, 5.74) is 1.29. The van der Waals surface area contributed by atoms with Crippen LogP contribution < -0.4 is 10.6 Å². The molecule has 0 saturated carbocycles. The number of hydrogen-bond donors (Lipinski definition) is 2. The molecule has 0 unspecified atom stereocenters. The SMILES string of the molecule is Cc1nc(/C=C/C(=O)NCCNC(=O)c2ccc(Cl)cc2)cs1. The Hall–Kier alpha value is -2.18. The van der Waals surface area contributed by atoms with Gasteiger partial charge in [0.2, 0.25) is 5.91 Å². The van der Waals surface area contributed by atoms with Crippen LogP contribution in [0.4, 0.5) is 0 Å². The highest BCUT2D eigenvalue weighted by atomic mass is 35.5. The van der Waals surface area contributed by atoms with E-state index in [0.717, 1.165) is 10.7 Å². The lowest BCUT2D eigenvalue weighted by molar-refractivity contribution is -0.116. The standard InChI is InChI=1S/C16H16ClN3O2S/c1-11-20-14(10-23-11)6-7-15(21)18-8-9-19-16(22)12-2-4-13(17)5-3-12/h2-7,10H,8-9H2,1H3,(H,18,21)(H,19,22)/b7-6+. The molecule has 2 amide bonds. The first kappa shape index (κ1) is 17.2. The number of hydrogen-bond acceptors (Lipinski definition) is 4. The molecule has 0 aliphatic carbocycles. The molecule has 1 aromatic carbocycles. The highest BCUT2D eigenvalue weighted by Gasteiger charge is 2.04. The van der Waals surface area contributed by atoms with Crippen LogP contribution in [0.2, 0.25) is 5.02 Å². The molecule has 1 heterocycles. The predicted octanol–water partition coefficient (Wildman–Crippen LogP) is 2.66. The molecule has 0 fully saturated rings. The molecule has 1 aromatic heterocycles. The number of thiazole rings is 1. The molecule has 2 N–H and O–H groups in total. The van der Waals surface area contributed by atoms with Crippen LogP contribution in [0, 0.1) is 6.92 Å². The van der Waals surface area contributed by atoms with Gasteiger partial charge < -0.3 is 10.6 Å². The van der Waals surface area contributed by atoms with Crippen LogP contribution in [0.15, 0.2) is 35.7 Å². The minimum Gasteiger partial charge on any atom is -0.351 e. The number of aryl methyl sites for hydroxylation is 1. The second kappa shape index (κ2) is 8.45. The van der Waals surface area contributed by atoms with Gasteiger partial charge in [0.15, 0.2) is 0 Å². The van der Waals surface area contributed by atoms with Crippen LogP contribution in [0.25, 0.3) is 6.08 Å². The van der Waals surface area contributed by atoms with Gasteiger partial charge in [-0.3, -0.25) is 9.59 Å². The van der Waals surface area contributed by atoms with E-state index in [1.165, 1.54) is 17.4 Å². The fourth-order valence-corrected chi connectivity index (χ4v) is 2.45. The highest BCUT2D eigenvalue weighted by molar-refractivity contribution is 7.09. The average Bonchev–Trinajstić information content (AvgIpc) is 2.95. The van der Waals surface area contributed by atoms with Gasteiger partial charge in [0.05, 0.1) is 10.7 Å². The summed E-state index contributed by atoms with van der Waals surface area (Å²) in [6, 6.07) is 6.61. The second-order valence-electron chi connectivity index (χ2n) is 4.68. The van der Waals surface area contributed by atoms with Crippen LogP contribution in [-0.4, -0.2) is 29.9 Å². The Kier molecular flexibility index (Phi) is 6.31. The Morgan fingerprint density at radius 1 is 1.22 bits per heavy atom. The predicted molar refractivity (Wildman–Crippen MR) is 92.7 cm³/mol. The maximum atomic E-state index is 11.8. The Bertz CT molecular complexity index is 710. The zero-order chi connectivity index (χ0) is 16.7. The van der Waals surface area contributed by atoms with Crippen molar-refractivity contribution in [1.82, 2.24) is 15.6 Å². The number of rotatable bonds is 6. The minimum atomic E-state index is -0.226. The van der Waals surface area contributed by atoms with E-state index in [9.17, 15) is 9.59 Å². The van der Waals surface area contributed by atoms with Crippen molar-refractivity contribution in [3.8, 4) is 0 Å². The molecule has 0 bridgehead atoms. The normalized spacial score (nSPS) is 10.7. The Morgan fingerprint density at radius 2 is 1.91 bits per heavy atom. The van der Waals surface area contributed by atoms with Gasteiger partial charge in [-0.15, -0.1) is 11.3 Å². The number of carbonyl (C=O) groups excluding carboxylic acids is 2. The molecule has 0 aliphatic rings. The maximum Gasteiger partial charge on any atom is 0.251 e. The van der Waals surface area contributed by atoms with Crippen molar-refractivity contribution in [2.75, 3.05) is 13.1 Å². The summed E-state index contributed by atoms with van der Waals surface area (Å²) in [7, 11) is 0. The van der Waals surface area contributed by atoms with Crippen molar-refractivity contribution < 1.29 is 9.59 Å². The zero-order valence-electron chi connectivity index (χ0n) is 12.5. The Labute approximate surface area is 143 Å². The third-order valence-electron chi connectivity index (χ3n) is 2.86. The van der Waals surface area contributed by atoms with Crippen LogP contribution in [0.1, 0.15) is 21.1 Å². The molecule has 0 radical (unpaired) electrons. The fraction of sp³-hybridized carbons (Fsp3) is 0.188. The van der Waals surface area contributed by atoms with Crippen LogP contribution in [0.3, 0.4) is 0 Å². The molecule has 23 heavy (non-hydrogen) atoms. The number of amides is 2. The van der Waals surface area contributed by atoms with Gasteiger partial charge in [-0.05, 0) is 37.3 Å². The summed E-state index contributed by atoms with van der Waals surface area (Å²) >= 11 is 7.29. The van der Waals surface area contributed by atoms with Crippen molar-refractivity contribution in [2.45, 2.75) is 6.92 Å². The van der Waals surface area contributed by atoms with E-state index >= 15 is 0 Å². The summed E-state index contributed by atoms with van der Waals surface area (Å²) < 4.78 is 0. The lowest BCUT2D eigenvalue weighted by Gasteiger charge is -2.05. The van der Waals surface area contributed by atoms with E-state index in [2.05, 4.69) is 15.6 Å². The summed E-state index contributed by atoms with van der Waals surface area (Å²) in [6.07, 6.45) is 3.08. The van der Waals surface area contributed by atoms with Gasteiger partial charge in [0, 0.05) is 35.1 Å². The summed E-state index contributed by atoms with van der Waals surface area (Å²) in [6.45, 7) is 2.60. The number of benzene rings is 1. The lowest BCUT2D eigenvalue weighted by Crippen LogP contribution is -2.33. The third-order valence-corrected chi connectivity index (χ3v) is 3.90. The van der Waals surface area contributed by atoms with Crippen molar-refractivity contribution in [3.63, 3.8) is 0 Å². The van der Waals surface area contributed by atoms with E-state index in [1.54, 1.807) is 30.3 Å². The smallest absolute Gasteiger partial charge is 0.251 e. The minimum absolute atomic E-state index is 0.204. The largest absolute Gasteiger partial charge is 0.351 e. The average molecular weight is 350 g/mol. The monoisotopic (exact) mass is 349 g/mol. The number of aromatic nitrogens is 1. The molecule has 0 aliphatic heterocycles. The molecule has 0 atom stereocenters. The van der Waals surface area contributed by atoms with Crippen LogP contribution in [-0.2, 0) is 4.79 Å². The third kappa shape index (κ3) is 5.84.